The summed E-state index contributed by atoms with van der Waals surface area (Å²) in [7, 11) is 3.75. The molecule has 0 spiro atoms. The van der Waals surface area contributed by atoms with Crippen molar-refractivity contribution in [2.75, 3.05) is 59.9 Å². The van der Waals surface area contributed by atoms with Gasteiger partial charge in [0.1, 0.15) is 0 Å². The summed E-state index contributed by atoms with van der Waals surface area (Å²) in [6.07, 6.45) is 2.27. The van der Waals surface area contributed by atoms with Crippen molar-refractivity contribution in [1.29, 1.82) is 0 Å². The molecule has 1 saturated heterocycles. The minimum Gasteiger partial charge on any atom is -0.348 e. The predicted octanol–water partition coefficient (Wildman–Crippen LogP) is 7.77. The molecular formula is C60H116ClF3N12O. The number of hydrogen-bond acceptors (Lipinski definition) is 12. The van der Waals surface area contributed by atoms with Crippen molar-refractivity contribution in [3.8, 4) is 0 Å². The number of halogens is 4. The van der Waals surface area contributed by atoms with E-state index in [9.17, 15) is 18.0 Å². The van der Waals surface area contributed by atoms with Gasteiger partial charge in [0.25, 0.3) is 0 Å². The minimum atomic E-state index is -4.49. The van der Waals surface area contributed by atoms with Crippen LogP contribution in [0.5, 0.6) is 0 Å². The molecular weight excluding hydrogens is 997 g/mol. The molecule has 17 heteroatoms. The van der Waals surface area contributed by atoms with Gasteiger partial charge in [0.05, 0.1) is 16.5 Å². The van der Waals surface area contributed by atoms with Crippen LogP contribution >= 0.6 is 11.6 Å². The van der Waals surface area contributed by atoms with Crippen molar-refractivity contribution in [3.63, 3.8) is 0 Å². The maximum Gasteiger partial charge on any atom is 0.417 e. The lowest BCUT2D eigenvalue weighted by molar-refractivity contribution is -0.137. The summed E-state index contributed by atoms with van der Waals surface area (Å²) in [5.74, 6) is 1.56. The van der Waals surface area contributed by atoms with Crippen LogP contribution in [0.1, 0.15) is 160 Å². The first-order valence-electron chi connectivity index (χ1n) is 30.4. The molecule has 1 aliphatic heterocycles. The highest BCUT2D eigenvalue weighted by Gasteiger charge is 2.37. The van der Waals surface area contributed by atoms with Crippen molar-refractivity contribution < 1.29 is 18.0 Å². The Morgan fingerprint density at radius 1 is 0.636 bits per heavy atom. The number of amides is 1. The smallest absolute Gasteiger partial charge is 0.348 e. The third kappa shape index (κ3) is 24.4. The minimum absolute atomic E-state index is 0.0726. The van der Waals surface area contributed by atoms with Crippen LogP contribution in [-0.2, 0) is 17.4 Å². The summed E-state index contributed by atoms with van der Waals surface area (Å²) in [4.78, 5) is 15.9. The second-order valence-electron chi connectivity index (χ2n) is 25.3. The van der Waals surface area contributed by atoms with Crippen LogP contribution in [0.3, 0.4) is 0 Å². The number of benzene rings is 1. The van der Waals surface area contributed by atoms with E-state index in [1.807, 2.05) is 14.1 Å². The standard InChI is InChI=1S/C60H116ClF3N12O/c1-19-38(7)57-35-70-55(27-36(3)4)46(15)68-33-50(59(77)76(17)18)45(14)75-58(39(8)20-2)47(16)74-56(37(5)6)34-67-41(10)30-69-49(23-21-48-22-24-51(52(61)28-48)60(62,63)64)32-65-29-40(9)66-31-42(11)71-53-25-26-54(53)72-43(12)44(13)73-57/h22,24,28,36-47,49-50,53-58,65-75H,19-21,23,25-27,29-35H2,1-18H3/t38-,39-,40?,41+,42?,43-,44?,45?,46?,47?,49-,50-,53-,54?,55-,56+,57+,58-/m0/s1. The number of aryl methyl sites for hydroxylation is 1. The zero-order valence-electron chi connectivity index (χ0n) is 51.5. The fourth-order valence-electron chi connectivity index (χ4n) is 11.1. The monoisotopic (exact) mass is 1110 g/mol. The van der Waals surface area contributed by atoms with Crippen LogP contribution in [0.2, 0.25) is 5.02 Å². The first-order valence-corrected chi connectivity index (χ1v) is 30.8. The topological polar surface area (TPSA) is 153 Å². The Labute approximate surface area is 473 Å². The molecule has 1 aliphatic carbocycles. The highest BCUT2D eigenvalue weighted by molar-refractivity contribution is 6.31. The molecule has 0 bridgehead atoms. The average Bonchev–Trinajstić information content (AvgIpc) is 3.36. The van der Waals surface area contributed by atoms with E-state index in [1.54, 1.807) is 11.0 Å². The van der Waals surface area contributed by atoms with Gasteiger partial charge < -0.3 is 63.4 Å². The van der Waals surface area contributed by atoms with E-state index in [0.717, 1.165) is 82.9 Å². The predicted molar refractivity (Wildman–Crippen MR) is 320 cm³/mol. The Hall–Kier alpha value is -1.67. The molecule has 2 fully saturated rings. The van der Waals surface area contributed by atoms with Gasteiger partial charge in [-0.15, -0.1) is 0 Å². The summed E-state index contributed by atoms with van der Waals surface area (Å²) in [6, 6.07) is 7.27. The van der Waals surface area contributed by atoms with Crippen molar-refractivity contribution in [3.05, 3.63) is 34.3 Å². The lowest BCUT2D eigenvalue weighted by Crippen LogP contribution is -2.63. The first-order chi connectivity index (χ1) is 36.1. The third-order valence-corrected chi connectivity index (χ3v) is 17.7. The normalized spacial score (nSPS) is 34.5. The van der Waals surface area contributed by atoms with Crippen LogP contribution < -0.4 is 58.5 Å². The Kier molecular flexibility index (Phi) is 31.4. The highest BCUT2D eigenvalue weighted by Crippen LogP contribution is 2.35. The van der Waals surface area contributed by atoms with E-state index in [1.165, 1.54) is 6.07 Å². The molecule has 450 valence electrons. The average molecular weight is 1110 g/mol. The maximum atomic E-state index is 14.2. The van der Waals surface area contributed by atoms with E-state index >= 15 is 0 Å². The summed E-state index contributed by atoms with van der Waals surface area (Å²) in [5.41, 5.74) is -0.0142. The lowest BCUT2D eigenvalue weighted by Gasteiger charge is -2.43. The molecule has 18 atom stereocenters. The van der Waals surface area contributed by atoms with Gasteiger partial charge in [-0.3, -0.25) is 4.79 Å². The largest absolute Gasteiger partial charge is 0.417 e. The second-order valence-corrected chi connectivity index (χ2v) is 25.8. The molecule has 0 radical (unpaired) electrons. The van der Waals surface area contributed by atoms with Crippen LogP contribution in [0.4, 0.5) is 13.2 Å². The molecule has 11 N–H and O–H groups in total. The van der Waals surface area contributed by atoms with Gasteiger partial charge in [-0.05, 0) is 129 Å². The van der Waals surface area contributed by atoms with E-state index in [4.69, 9.17) is 11.6 Å². The van der Waals surface area contributed by atoms with E-state index < -0.39 is 11.7 Å². The molecule has 1 aromatic rings. The van der Waals surface area contributed by atoms with Crippen molar-refractivity contribution in [2.45, 2.75) is 253 Å². The summed E-state index contributed by atoms with van der Waals surface area (Å²) in [5, 5.41) is 42.9. The highest BCUT2D eigenvalue weighted by atomic mass is 35.5. The molecule has 1 aromatic carbocycles. The number of nitrogens with zero attached hydrogens (tertiary/aromatic N) is 1. The fourth-order valence-corrected chi connectivity index (χ4v) is 11.5. The van der Waals surface area contributed by atoms with E-state index in [2.05, 4.69) is 169 Å². The quantitative estimate of drug-likeness (QED) is 0.105. The Morgan fingerprint density at radius 3 is 1.81 bits per heavy atom. The third-order valence-electron chi connectivity index (χ3n) is 17.4. The fraction of sp³-hybridized carbons (Fsp3) is 0.883. The van der Waals surface area contributed by atoms with Crippen LogP contribution in [-0.4, -0.2) is 161 Å². The number of rotatable bonds is 11. The van der Waals surface area contributed by atoms with Crippen molar-refractivity contribution in [2.24, 2.45) is 29.6 Å². The van der Waals surface area contributed by atoms with E-state index in [0.29, 0.717) is 67.3 Å². The van der Waals surface area contributed by atoms with E-state index in [-0.39, 0.29) is 83.3 Å². The molecule has 13 nitrogen and oxygen atoms in total. The van der Waals surface area contributed by atoms with Gasteiger partial charge in [-0.1, -0.05) is 85.9 Å². The molecule has 3 rings (SSSR count). The van der Waals surface area contributed by atoms with Crippen LogP contribution in [0.15, 0.2) is 18.2 Å². The van der Waals surface area contributed by atoms with Gasteiger partial charge in [0, 0.05) is 151 Å². The SMILES string of the molecule is CC[C@H](C)[C@@H]1NC(C)[C@@H](C(=O)N(C)C)CNC(C)[C@H](CC(C)C)NC[C@H]([C@@H](C)CC)NC(C)[C@H](C)NC2CC[C@@H]2NC(C)CNC(C)CNC[C@H](CCc2ccc(C(F)(F)F)c(Cl)c2)NC[C@@H](C)NC[C@H](C(C)C)NC1C. The summed E-state index contributed by atoms with van der Waals surface area (Å²) >= 11 is 6.16. The zero-order chi connectivity index (χ0) is 57.7. The second kappa shape index (κ2) is 34.7. The Morgan fingerprint density at radius 2 is 1.22 bits per heavy atom. The summed E-state index contributed by atoms with van der Waals surface area (Å²) in [6.45, 7) is 41.8. The lowest BCUT2D eigenvalue weighted by atomic mass is 9.84. The number of carbonyl (C=O) groups is 1. The van der Waals surface area contributed by atoms with Gasteiger partial charge in [-0.2, -0.15) is 13.2 Å². The van der Waals surface area contributed by atoms with Gasteiger partial charge in [0.15, 0.2) is 0 Å². The molecule has 7 unspecified atom stereocenters. The Balaban J connectivity index is 1.90. The van der Waals surface area contributed by atoms with Gasteiger partial charge >= 0.3 is 6.18 Å². The molecule has 77 heavy (non-hydrogen) atoms. The summed E-state index contributed by atoms with van der Waals surface area (Å²) < 4.78 is 40.7. The molecule has 1 heterocycles. The van der Waals surface area contributed by atoms with Crippen molar-refractivity contribution in [1.82, 2.24) is 63.4 Å². The molecule has 1 amide bonds. The maximum absolute atomic E-state index is 14.2. The van der Waals surface area contributed by atoms with Gasteiger partial charge in [-0.25, -0.2) is 0 Å². The first kappa shape index (κ1) is 69.6. The van der Waals surface area contributed by atoms with Crippen molar-refractivity contribution >= 4 is 17.5 Å². The number of hydrogen-bond donors (Lipinski definition) is 11. The van der Waals surface area contributed by atoms with Gasteiger partial charge in [0.2, 0.25) is 5.91 Å². The number of fused-ring (bicyclic) bond motifs is 1. The molecule has 2 aliphatic rings. The van der Waals surface area contributed by atoms with Crippen LogP contribution in [0, 0.1) is 29.6 Å². The molecule has 0 aromatic heterocycles. The number of alkyl halides is 3. The van der Waals surface area contributed by atoms with Crippen LogP contribution in [0.25, 0.3) is 0 Å². The zero-order valence-corrected chi connectivity index (χ0v) is 52.3. The Bertz CT molecular complexity index is 1780. The number of nitrogens with one attached hydrogen (secondary N) is 11. The number of carbonyl (C=O) groups excluding carboxylic acids is 1. The molecule has 1 saturated carbocycles.